The Labute approximate surface area is 97.9 Å². The molecule has 0 unspecified atom stereocenters. The van der Waals surface area contributed by atoms with E-state index in [1.165, 1.54) is 0 Å². The largest absolute Gasteiger partial charge is 0.507 e. The van der Waals surface area contributed by atoms with E-state index in [1.807, 2.05) is 0 Å². The molecule has 0 spiro atoms. The molecule has 0 aromatic heterocycles. The molecule has 92 valence electrons. The predicted octanol–water partition coefficient (Wildman–Crippen LogP) is 2.03. The highest BCUT2D eigenvalue weighted by atomic mass is 19.1. The summed E-state index contributed by atoms with van der Waals surface area (Å²) in [6, 6.07) is 1.41. The Hall–Kier alpha value is -1.62. The normalized spacial score (nSPS) is 17.5. The van der Waals surface area contributed by atoms with Gasteiger partial charge < -0.3 is 15.9 Å². The van der Waals surface area contributed by atoms with Crippen LogP contribution in [0.1, 0.15) is 41.2 Å². The summed E-state index contributed by atoms with van der Waals surface area (Å²) in [5.41, 5.74) is 5.67. The molecule has 4 N–H and O–H groups in total. The van der Waals surface area contributed by atoms with E-state index in [4.69, 9.17) is 10.8 Å². The topological polar surface area (TPSA) is 83.6 Å². The average molecular weight is 239 g/mol. The van der Waals surface area contributed by atoms with Crippen molar-refractivity contribution in [2.45, 2.75) is 25.3 Å². The van der Waals surface area contributed by atoms with E-state index in [0.29, 0.717) is 0 Å². The molecule has 0 amide bonds. The highest BCUT2D eigenvalue weighted by Gasteiger charge is 2.29. The third-order valence-corrected chi connectivity index (χ3v) is 3.35. The number of phenols is 1. The minimum atomic E-state index is -1.36. The molecule has 2 rings (SSSR count). The van der Waals surface area contributed by atoms with Gasteiger partial charge in [0.15, 0.2) is 0 Å². The van der Waals surface area contributed by atoms with Crippen LogP contribution < -0.4 is 5.73 Å². The Morgan fingerprint density at radius 3 is 2.59 bits per heavy atom. The van der Waals surface area contributed by atoms with Crippen molar-refractivity contribution in [3.8, 4) is 5.75 Å². The molecular weight excluding hydrogens is 225 g/mol. The highest BCUT2D eigenvalue weighted by molar-refractivity contribution is 5.91. The molecule has 1 atom stereocenters. The first-order valence-corrected chi connectivity index (χ1v) is 5.52. The van der Waals surface area contributed by atoms with Gasteiger partial charge in [-0.3, -0.25) is 0 Å². The maximum Gasteiger partial charge on any atom is 0.339 e. The monoisotopic (exact) mass is 239 g/mol. The average Bonchev–Trinajstić information content (AvgIpc) is 2.17. The van der Waals surface area contributed by atoms with E-state index in [0.717, 1.165) is 31.4 Å². The summed E-state index contributed by atoms with van der Waals surface area (Å²) in [4.78, 5) is 10.8. The Bertz CT molecular complexity index is 457. The standard InChI is InChI=1S/C12H14FNO3/c13-7-4-8(10(14)6-2-1-3-6)11(15)9(5-7)12(16)17/h4-6,10,15H,1-3,14H2,(H,16,17)/t10-/m1/s1. The molecule has 0 aliphatic heterocycles. The molecule has 1 aromatic rings. The SMILES string of the molecule is N[C@@H](c1cc(F)cc(C(=O)O)c1O)C1CCC1. The van der Waals surface area contributed by atoms with Crippen LogP contribution in [-0.2, 0) is 0 Å². The van der Waals surface area contributed by atoms with Crippen molar-refractivity contribution in [1.82, 2.24) is 0 Å². The van der Waals surface area contributed by atoms with E-state index in [9.17, 15) is 14.3 Å². The molecule has 1 aliphatic carbocycles. The zero-order valence-corrected chi connectivity index (χ0v) is 9.19. The fraction of sp³-hybridized carbons (Fsp3) is 0.417. The number of carboxylic acids is 1. The molecule has 1 saturated carbocycles. The zero-order valence-electron chi connectivity index (χ0n) is 9.19. The molecule has 0 radical (unpaired) electrons. The Balaban J connectivity index is 2.41. The summed E-state index contributed by atoms with van der Waals surface area (Å²) in [5, 5.41) is 18.6. The fourth-order valence-corrected chi connectivity index (χ4v) is 2.09. The molecule has 0 heterocycles. The van der Waals surface area contributed by atoms with Crippen molar-refractivity contribution < 1.29 is 19.4 Å². The number of nitrogens with two attached hydrogens (primary N) is 1. The van der Waals surface area contributed by atoms with E-state index in [2.05, 4.69) is 0 Å². The van der Waals surface area contributed by atoms with E-state index < -0.39 is 29.1 Å². The number of aromatic carboxylic acids is 1. The van der Waals surface area contributed by atoms with Gasteiger partial charge in [0.25, 0.3) is 0 Å². The van der Waals surface area contributed by atoms with Gasteiger partial charge in [0.05, 0.1) is 0 Å². The number of hydrogen-bond acceptors (Lipinski definition) is 3. The summed E-state index contributed by atoms with van der Waals surface area (Å²) in [6.07, 6.45) is 2.93. The minimum absolute atomic E-state index is 0.187. The molecule has 0 bridgehead atoms. The first kappa shape index (κ1) is 11.9. The third-order valence-electron chi connectivity index (χ3n) is 3.35. The number of aromatic hydroxyl groups is 1. The van der Waals surface area contributed by atoms with Crippen LogP contribution in [0.15, 0.2) is 12.1 Å². The summed E-state index contributed by atoms with van der Waals surface area (Å²) >= 11 is 0. The summed E-state index contributed by atoms with van der Waals surface area (Å²) in [5.74, 6) is -2.27. The van der Waals surface area contributed by atoms with Crippen LogP contribution in [-0.4, -0.2) is 16.2 Å². The van der Waals surface area contributed by atoms with Crippen molar-refractivity contribution >= 4 is 5.97 Å². The summed E-state index contributed by atoms with van der Waals surface area (Å²) in [7, 11) is 0. The molecular formula is C12H14FNO3. The van der Waals surface area contributed by atoms with Gasteiger partial charge in [-0.05, 0) is 30.9 Å². The van der Waals surface area contributed by atoms with Crippen LogP contribution in [0.5, 0.6) is 5.75 Å². The molecule has 1 fully saturated rings. The second-order valence-corrected chi connectivity index (χ2v) is 4.41. The molecule has 1 aromatic carbocycles. The van der Waals surface area contributed by atoms with Crippen LogP contribution >= 0.6 is 0 Å². The van der Waals surface area contributed by atoms with Crippen LogP contribution in [0.3, 0.4) is 0 Å². The van der Waals surface area contributed by atoms with Gasteiger partial charge >= 0.3 is 5.97 Å². The van der Waals surface area contributed by atoms with Gasteiger partial charge in [-0.25, -0.2) is 9.18 Å². The lowest BCUT2D eigenvalue weighted by atomic mass is 9.77. The van der Waals surface area contributed by atoms with Crippen molar-refractivity contribution in [2.24, 2.45) is 11.7 Å². The lowest BCUT2D eigenvalue weighted by Crippen LogP contribution is -2.27. The third kappa shape index (κ3) is 2.10. The van der Waals surface area contributed by atoms with Gasteiger partial charge in [0, 0.05) is 11.6 Å². The molecule has 17 heavy (non-hydrogen) atoms. The van der Waals surface area contributed by atoms with E-state index >= 15 is 0 Å². The van der Waals surface area contributed by atoms with Crippen molar-refractivity contribution in [3.63, 3.8) is 0 Å². The second kappa shape index (κ2) is 4.33. The van der Waals surface area contributed by atoms with Crippen LogP contribution in [0.25, 0.3) is 0 Å². The van der Waals surface area contributed by atoms with Gasteiger partial charge in [-0.15, -0.1) is 0 Å². The van der Waals surface area contributed by atoms with E-state index in [1.54, 1.807) is 0 Å². The Kier molecular flexibility index (Phi) is 3.02. The van der Waals surface area contributed by atoms with Gasteiger partial charge in [0.2, 0.25) is 0 Å². The Morgan fingerprint density at radius 2 is 2.12 bits per heavy atom. The number of halogens is 1. The number of carbonyl (C=O) groups is 1. The predicted molar refractivity (Wildman–Crippen MR) is 59.3 cm³/mol. The fourth-order valence-electron chi connectivity index (χ4n) is 2.09. The van der Waals surface area contributed by atoms with Crippen molar-refractivity contribution in [1.29, 1.82) is 0 Å². The maximum absolute atomic E-state index is 13.3. The first-order valence-electron chi connectivity index (χ1n) is 5.52. The summed E-state index contributed by atoms with van der Waals surface area (Å²) < 4.78 is 13.3. The number of benzene rings is 1. The number of hydrogen-bond donors (Lipinski definition) is 3. The Morgan fingerprint density at radius 1 is 1.47 bits per heavy atom. The lowest BCUT2D eigenvalue weighted by molar-refractivity contribution is 0.0692. The molecule has 4 nitrogen and oxygen atoms in total. The van der Waals surface area contributed by atoms with Gasteiger partial charge in [-0.2, -0.15) is 0 Å². The van der Waals surface area contributed by atoms with Crippen LogP contribution in [0.2, 0.25) is 0 Å². The zero-order chi connectivity index (χ0) is 12.6. The van der Waals surface area contributed by atoms with Crippen LogP contribution in [0.4, 0.5) is 4.39 Å². The van der Waals surface area contributed by atoms with Crippen LogP contribution in [0, 0.1) is 11.7 Å². The number of carboxylic acid groups (broad SMARTS) is 1. The van der Waals surface area contributed by atoms with Crippen molar-refractivity contribution in [2.75, 3.05) is 0 Å². The molecule has 5 heteroatoms. The smallest absolute Gasteiger partial charge is 0.339 e. The van der Waals surface area contributed by atoms with Gasteiger partial charge in [0.1, 0.15) is 17.1 Å². The quantitative estimate of drug-likeness (QED) is 0.753. The molecule has 0 saturated heterocycles. The highest BCUT2D eigenvalue weighted by Crippen LogP contribution is 2.40. The minimum Gasteiger partial charge on any atom is -0.507 e. The van der Waals surface area contributed by atoms with Gasteiger partial charge in [-0.1, -0.05) is 6.42 Å². The second-order valence-electron chi connectivity index (χ2n) is 4.41. The van der Waals surface area contributed by atoms with Crippen molar-refractivity contribution in [3.05, 3.63) is 29.1 Å². The van der Waals surface area contributed by atoms with E-state index in [-0.39, 0.29) is 11.5 Å². The maximum atomic E-state index is 13.3. The number of rotatable bonds is 3. The first-order chi connectivity index (χ1) is 8.00. The summed E-state index contributed by atoms with van der Waals surface area (Å²) in [6.45, 7) is 0. The molecule has 1 aliphatic rings. The lowest BCUT2D eigenvalue weighted by Gasteiger charge is -2.31.